The van der Waals surface area contributed by atoms with Crippen molar-refractivity contribution in [1.29, 1.82) is 0 Å². The Balaban J connectivity index is 1.70. The zero-order valence-electron chi connectivity index (χ0n) is 18.2. The number of imide groups is 1. The lowest BCUT2D eigenvalue weighted by Gasteiger charge is -2.30. The van der Waals surface area contributed by atoms with Gasteiger partial charge < -0.3 is 10.1 Å². The molecule has 4 atom stereocenters. The van der Waals surface area contributed by atoms with E-state index in [2.05, 4.69) is 10.6 Å². The minimum atomic E-state index is -1.30. The van der Waals surface area contributed by atoms with Gasteiger partial charge in [-0.2, -0.15) is 0 Å². The van der Waals surface area contributed by atoms with Gasteiger partial charge in [-0.05, 0) is 30.5 Å². The second-order valence-corrected chi connectivity index (χ2v) is 9.42. The molecule has 5 rings (SSSR count). The number of hydrogen-bond acceptors (Lipinski definition) is 5. The molecule has 32 heavy (non-hydrogen) atoms. The zero-order valence-corrected chi connectivity index (χ0v) is 19.0. The van der Waals surface area contributed by atoms with Crippen molar-refractivity contribution >= 4 is 40.7 Å². The molecule has 2 fully saturated rings. The molecule has 3 heterocycles. The first-order valence-electron chi connectivity index (χ1n) is 10.6. The van der Waals surface area contributed by atoms with Crippen molar-refractivity contribution in [3.8, 4) is 5.75 Å². The van der Waals surface area contributed by atoms with Gasteiger partial charge in [-0.25, -0.2) is 4.90 Å². The molecule has 166 valence electrons. The highest BCUT2D eigenvalue weighted by Crippen LogP contribution is 2.55. The highest BCUT2D eigenvalue weighted by Gasteiger charge is 2.71. The number of nitrogens with zero attached hydrogens (tertiary/aromatic N) is 1. The van der Waals surface area contributed by atoms with Crippen LogP contribution in [0.25, 0.3) is 0 Å². The van der Waals surface area contributed by atoms with E-state index >= 15 is 0 Å². The van der Waals surface area contributed by atoms with Crippen molar-refractivity contribution in [1.82, 2.24) is 5.32 Å². The maximum Gasteiger partial charge on any atom is 0.250 e. The number of carbonyl (C=O) groups is 3. The summed E-state index contributed by atoms with van der Waals surface area (Å²) in [6.45, 7) is 5.78. The number of carbonyl (C=O) groups excluding carboxylic acids is 3. The van der Waals surface area contributed by atoms with Gasteiger partial charge in [-0.1, -0.05) is 43.6 Å². The molecule has 1 spiro atoms. The Labute approximate surface area is 191 Å². The standard InChI is InChI=1S/C24H24ClN3O4/c1-11(2)20-18-19(24(27-20)13-7-5-6-8-15(13)26-23(24)31)22(30)28(21(18)29)16-9-12(3)14(25)10-17(16)32-4/h5-11,18-20,27H,1-4H3,(H,26,31)/t18-,19-,20-,24-/m0/s1. The Kier molecular flexibility index (Phi) is 4.62. The molecular formula is C24H24ClN3O4. The van der Waals surface area contributed by atoms with Crippen LogP contribution in [0.1, 0.15) is 25.0 Å². The van der Waals surface area contributed by atoms with Gasteiger partial charge in [0.2, 0.25) is 17.7 Å². The molecule has 2 aromatic rings. The van der Waals surface area contributed by atoms with Crippen LogP contribution in [0.4, 0.5) is 11.4 Å². The number of benzene rings is 2. The van der Waals surface area contributed by atoms with Crippen LogP contribution >= 0.6 is 11.6 Å². The third-order valence-electron chi connectivity index (χ3n) is 6.98. The number of hydrogen-bond donors (Lipinski definition) is 2. The third-order valence-corrected chi connectivity index (χ3v) is 7.38. The minimum Gasteiger partial charge on any atom is -0.495 e. The fourth-order valence-electron chi connectivity index (χ4n) is 5.49. The van der Waals surface area contributed by atoms with Gasteiger partial charge in [0.1, 0.15) is 11.3 Å². The van der Waals surface area contributed by atoms with Gasteiger partial charge in [-0.3, -0.25) is 19.7 Å². The highest BCUT2D eigenvalue weighted by molar-refractivity contribution is 6.32. The molecule has 3 aliphatic heterocycles. The molecule has 3 amide bonds. The van der Waals surface area contributed by atoms with Crippen LogP contribution in [-0.2, 0) is 19.9 Å². The molecule has 0 aliphatic carbocycles. The molecule has 0 unspecified atom stereocenters. The number of nitrogens with one attached hydrogen (secondary N) is 2. The predicted octanol–water partition coefficient (Wildman–Crippen LogP) is 3.24. The summed E-state index contributed by atoms with van der Waals surface area (Å²) in [5.74, 6) is -2.25. The monoisotopic (exact) mass is 453 g/mol. The maximum absolute atomic E-state index is 13.9. The average Bonchev–Trinajstić information content (AvgIpc) is 3.35. The second-order valence-electron chi connectivity index (χ2n) is 9.01. The molecule has 0 radical (unpaired) electrons. The van der Waals surface area contributed by atoms with Crippen molar-refractivity contribution in [3.05, 3.63) is 52.5 Å². The van der Waals surface area contributed by atoms with E-state index in [1.54, 1.807) is 19.1 Å². The first kappa shape index (κ1) is 21.0. The van der Waals surface area contributed by atoms with Crippen LogP contribution in [-0.4, -0.2) is 30.9 Å². The summed E-state index contributed by atoms with van der Waals surface area (Å²) in [5.41, 5.74) is 1.13. The molecule has 7 nitrogen and oxygen atoms in total. The first-order chi connectivity index (χ1) is 15.2. The molecular weight excluding hydrogens is 430 g/mol. The minimum absolute atomic E-state index is 0.0213. The van der Waals surface area contributed by atoms with Gasteiger partial charge in [0, 0.05) is 28.4 Å². The van der Waals surface area contributed by atoms with E-state index in [1.165, 1.54) is 12.0 Å². The van der Waals surface area contributed by atoms with Crippen molar-refractivity contribution in [2.45, 2.75) is 32.4 Å². The molecule has 2 N–H and O–H groups in total. The first-order valence-corrected chi connectivity index (χ1v) is 11.0. The Hall–Kier alpha value is -2.90. The molecule has 3 aliphatic rings. The van der Waals surface area contributed by atoms with Crippen molar-refractivity contribution in [2.24, 2.45) is 17.8 Å². The van der Waals surface area contributed by atoms with E-state index in [-0.39, 0.29) is 23.8 Å². The van der Waals surface area contributed by atoms with Crippen molar-refractivity contribution in [3.63, 3.8) is 0 Å². The van der Waals surface area contributed by atoms with Crippen LogP contribution in [0.15, 0.2) is 36.4 Å². The summed E-state index contributed by atoms with van der Waals surface area (Å²) in [5, 5.41) is 6.81. The molecule has 0 bridgehead atoms. The Morgan fingerprint density at radius 2 is 1.84 bits per heavy atom. The number of amides is 3. The third kappa shape index (κ3) is 2.55. The molecule has 8 heteroatoms. The quantitative estimate of drug-likeness (QED) is 0.696. The number of methoxy groups -OCH3 is 1. The van der Waals surface area contributed by atoms with E-state index in [9.17, 15) is 14.4 Å². The number of para-hydroxylation sites is 1. The number of anilines is 2. The van der Waals surface area contributed by atoms with Gasteiger partial charge in [0.25, 0.3) is 0 Å². The van der Waals surface area contributed by atoms with Crippen LogP contribution in [0.5, 0.6) is 5.75 Å². The van der Waals surface area contributed by atoms with Gasteiger partial charge in [0.05, 0.1) is 24.6 Å². The lowest BCUT2D eigenvalue weighted by Crippen LogP contribution is -2.54. The van der Waals surface area contributed by atoms with Crippen molar-refractivity contribution < 1.29 is 19.1 Å². The van der Waals surface area contributed by atoms with Crippen LogP contribution in [0.3, 0.4) is 0 Å². The van der Waals surface area contributed by atoms with Crippen molar-refractivity contribution in [2.75, 3.05) is 17.3 Å². The number of aryl methyl sites for hydroxylation is 1. The Morgan fingerprint density at radius 3 is 2.53 bits per heavy atom. The van der Waals surface area contributed by atoms with E-state index in [0.717, 1.165) is 5.56 Å². The lowest BCUT2D eigenvalue weighted by atomic mass is 9.76. The van der Waals surface area contributed by atoms with E-state index in [1.807, 2.05) is 38.1 Å². The van der Waals surface area contributed by atoms with Crippen LogP contribution in [0.2, 0.25) is 5.02 Å². The van der Waals surface area contributed by atoms with E-state index in [0.29, 0.717) is 27.7 Å². The normalized spacial score (nSPS) is 28.5. The maximum atomic E-state index is 13.9. The van der Waals surface area contributed by atoms with E-state index in [4.69, 9.17) is 16.3 Å². The number of halogens is 1. The van der Waals surface area contributed by atoms with Gasteiger partial charge in [-0.15, -0.1) is 0 Å². The van der Waals surface area contributed by atoms with Gasteiger partial charge in [0.15, 0.2) is 0 Å². The summed E-state index contributed by atoms with van der Waals surface area (Å²) >= 11 is 6.25. The zero-order chi connectivity index (χ0) is 22.9. The lowest BCUT2D eigenvalue weighted by molar-refractivity contribution is -0.130. The molecule has 2 aromatic carbocycles. The Morgan fingerprint density at radius 1 is 1.12 bits per heavy atom. The Bertz CT molecular complexity index is 1180. The highest BCUT2D eigenvalue weighted by atomic mass is 35.5. The SMILES string of the molecule is COc1cc(Cl)c(C)cc1N1C(=O)[C@H]2[C@@H](C1=O)[C@]1(N[C@H]2C(C)C)C(=O)Nc2ccccc21. The molecule has 0 aromatic heterocycles. The summed E-state index contributed by atoms with van der Waals surface area (Å²) in [7, 11) is 1.47. The predicted molar refractivity (Wildman–Crippen MR) is 121 cm³/mol. The second kappa shape index (κ2) is 7.05. The topological polar surface area (TPSA) is 87.7 Å². The van der Waals surface area contributed by atoms with Crippen LogP contribution < -0.4 is 20.3 Å². The molecule has 2 saturated heterocycles. The fourth-order valence-corrected chi connectivity index (χ4v) is 5.64. The average molecular weight is 454 g/mol. The van der Waals surface area contributed by atoms with Crippen LogP contribution in [0, 0.1) is 24.7 Å². The summed E-state index contributed by atoms with van der Waals surface area (Å²) in [6.07, 6.45) is 0. The summed E-state index contributed by atoms with van der Waals surface area (Å²) in [4.78, 5) is 42.3. The molecule has 0 saturated carbocycles. The fraction of sp³-hybridized carbons (Fsp3) is 0.375. The summed E-state index contributed by atoms with van der Waals surface area (Å²) < 4.78 is 5.46. The van der Waals surface area contributed by atoms with E-state index < -0.39 is 23.3 Å². The smallest absolute Gasteiger partial charge is 0.250 e. The van der Waals surface area contributed by atoms with Gasteiger partial charge >= 0.3 is 0 Å². The largest absolute Gasteiger partial charge is 0.495 e. The number of fused-ring (bicyclic) bond motifs is 4. The number of rotatable bonds is 3. The summed E-state index contributed by atoms with van der Waals surface area (Å²) in [6, 6.07) is 10.3. The number of ether oxygens (including phenoxy) is 1.